The predicted octanol–water partition coefficient (Wildman–Crippen LogP) is 1.61. The van der Waals surface area contributed by atoms with Gasteiger partial charge < -0.3 is 11.5 Å². The van der Waals surface area contributed by atoms with Crippen LogP contribution in [0, 0.1) is 0 Å². The molecule has 1 heterocycles. The summed E-state index contributed by atoms with van der Waals surface area (Å²) in [5.74, 6) is 0.468. The van der Waals surface area contributed by atoms with Crippen molar-refractivity contribution in [3.63, 3.8) is 0 Å². The van der Waals surface area contributed by atoms with E-state index in [1.807, 2.05) is 6.07 Å². The number of halogens is 1. The van der Waals surface area contributed by atoms with Crippen molar-refractivity contribution in [3.8, 4) is 0 Å². The number of nitrogens with two attached hydrogens (primary N) is 2. The van der Waals surface area contributed by atoms with Crippen LogP contribution in [0.25, 0.3) is 0 Å². The fourth-order valence-electron chi connectivity index (χ4n) is 0.782. The summed E-state index contributed by atoms with van der Waals surface area (Å²) >= 11 is 3.27. The normalized spacial score (nSPS) is 12.5. The van der Waals surface area contributed by atoms with Crippen molar-refractivity contribution in [1.29, 1.82) is 0 Å². The highest BCUT2D eigenvalue weighted by Gasteiger charge is 2.03. The van der Waals surface area contributed by atoms with Crippen LogP contribution in [0.3, 0.4) is 0 Å². The molecule has 0 aliphatic rings. The maximum atomic E-state index is 5.69. The van der Waals surface area contributed by atoms with Crippen LogP contribution in [-0.4, -0.2) is 4.98 Å². The van der Waals surface area contributed by atoms with Crippen molar-refractivity contribution in [2.75, 3.05) is 5.73 Å². The zero-order valence-corrected chi connectivity index (χ0v) is 8.08. The van der Waals surface area contributed by atoms with Crippen LogP contribution in [0.5, 0.6) is 0 Å². The van der Waals surface area contributed by atoms with E-state index in [1.54, 1.807) is 12.3 Å². The number of hydrogen-bond donors (Lipinski definition) is 2. The van der Waals surface area contributed by atoms with Gasteiger partial charge in [-0.2, -0.15) is 0 Å². The second-order valence-corrected chi connectivity index (χ2v) is 3.25. The molecular weight excluding hydrogens is 218 g/mol. The lowest BCUT2D eigenvalue weighted by molar-refractivity contribution is 0.903. The summed E-state index contributed by atoms with van der Waals surface area (Å²) in [5.41, 5.74) is 12.1. The highest BCUT2D eigenvalue weighted by atomic mass is 79.9. The molecule has 0 aliphatic carbocycles. The van der Waals surface area contributed by atoms with Gasteiger partial charge in [-0.1, -0.05) is 6.08 Å². The van der Waals surface area contributed by atoms with E-state index in [-0.39, 0.29) is 6.04 Å². The molecule has 0 radical (unpaired) electrons. The summed E-state index contributed by atoms with van der Waals surface area (Å²) in [6.45, 7) is 3.59. The maximum absolute atomic E-state index is 5.69. The molecule has 4 N–H and O–H groups in total. The lowest BCUT2D eigenvalue weighted by Gasteiger charge is -2.06. The molecule has 0 fully saturated rings. The van der Waals surface area contributed by atoms with E-state index in [1.165, 1.54) is 0 Å². The van der Waals surface area contributed by atoms with Crippen molar-refractivity contribution < 1.29 is 0 Å². The Hall–Kier alpha value is -0.870. The van der Waals surface area contributed by atoms with Gasteiger partial charge in [0.2, 0.25) is 0 Å². The molecule has 1 unspecified atom stereocenters. The van der Waals surface area contributed by atoms with Crippen LogP contribution >= 0.6 is 15.9 Å². The second kappa shape index (κ2) is 3.69. The molecule has 1 aromatic heterocycles. The van der Waals surface area contributed by atoms with E-state index in [9.17, 15) is 0 Å². The minimum absolute atomic E-state index is 0.186. The first kappa shape index (κ1) is 9.22. The third-order valence-electron chi connectivity index (χ3n) is 1.53. The number of nitrogens with zero attached hydrogens (tertiary/aromatic N) is 1. The summed E-state index contributed by atoms with van der Waals surface area (Å²) < 4.78 is 0.761. The standard InChI is InChI=1S/C8H10BrN3/c1-2-7(10)5-3-6(9)8(11)12-4-5/h2-4,7H,1,10H2,(H2,11,12). The Kier molecular flexibility index (Phi) is 2.83. The van der Waals surface area contributed by atoms with Gasteiger partial charge in [-0.05, 0) is 27.6 Å². The third-order valence-corrected chi connectivity index (χ3v) is 2.16. The molecule has 1 atom stereocenters. The van der Waals surface area contributed by atoms with Gasteiger partial charge in [-0.25, -0.2) is 4.98 Å². The summed E-state index contributed by atoms with van der Waals surface area (Å²) in [5, 5.41) is 0. The molecule has 12 heavy (non-hydrogen) atoms. The topological polar surface area (TPSA) is 64.9 Å². The maximum Gasteiger partial charge on any atom is 0.137 e. The van der Waals surface area contributed by atoms with Gasteiger partial charge in [-0.3, -0.25) is 0 Å². The number of rotatable bonds is 2. The Bertz CT molecular complexity index is 298. The van der Waals surface area contributed by atoms with Crippen LogP contribution in [0.1, 0.15) is 11.6 Å². The van der Waals surface area contributed by atoms with E-state index >= 15 is 0 Å². The number of anilines is 1. The minimum Gasteiger partial charge on any atom is -0.383 e. The zero-order chi connectivity index (χ0) is 9.14. The van der Waals surface area contributed by atoms with Crippen molar-refractivity contribution in [2.45, 2.75) is 6.04 Å². The Morgan fingerprint density at radius 3 is 2.83 bits per heavy atom. The van der Waals surface area contributed by atoms with Crippen molar-refractivity contribution >= 4 is 21.7 Å². The third kappa shape index (κ3) is 1.84. The molecule has 0 aliphatic heterocycles. The lowest BCUT2D eigenvalue weighted by atomic mass is 10.1. The first-order valence-electron chi connectivity index (χ1n) is 3.44. The molecule has 1 aromatic rings. The Balaban J connectivity index is 3.04. The van der Waals surface area contributed by atoms with Gasteiger partial charge >= 0.3 is 0 Å². The average Bonchev–Trinajstić information content (AvgIpc) is 2.08. The largest absolute Gasteiger partial charge is 0.383 e. The van der Waals surface area contributed by atoms with Crippen LogP contribution < -0.4 is 11.5 Å². The SMILES string of the molecule is C=CC(N)c1cnc(N)c(Br)c1. The Morgan fingerprint density at radius 2 is 2.33 bits per heavy atom. The second-order valence-electron chi connectivity index (χ2n) is 2.40. The van der Waals surface area contributed by atoms with Crippen LogP contribution in [0.2, 0.25) is 0 Å². The molecule has 0 aromatic carbocycles. The molecule has 64 valence electrons. The molecule has 0 saturated heterocycles. The lowest BCUT2D eigenvalue weighted by Crippen LogP contribution is -2.07. The highest BCUT2D eigenvalue weighted by Crippen LogP contribution is 2.20. The fraction of sp³-hybridized carbons (Fsp3) is 0.125. The number of pyridine rings is 1. The van der Waals surface area contributed by atoms with Crippen molar-refractivity contribution in [2.24, 2.45) is 5.73 Å². The fourth-order valence-corrected chi connectivity index (χ4v) is 1.15. The number of aromatic nitrogens is 1. The predicted molar refractivity (Wildman–Crippen MR) is 53.5 cm³/mol. The number of hydrogen-bond acceptors (Lipinski definition) is 3. The Morgan fingerprint density at radius 1 is 1.67 bits per heavy atom. The summed E-state index contributed by atoms with van der Waals surface area (Å²) in [6.07, 6.45) is 3.30. The van der Waals surface area contributed by atoms with Crippen molar-refractivity contribution in [3.05, 3.63) is 35.0 Å². The Labute approximate surface area is 79.6 Å². The smallest absolute Gasteiger partial charge is 0.137 e. The van der Waals surface area contributed by atoms with Crippen molar-refractivity contribution in [1.82, 2.24) is 4.98 Å². The van der Waals surface area contributed by atoms with Gasteiger partial charge in [0, 0.05) is 12.2 Å². The summed E-state index contributed by atoms with van der Waals surface area (Å²) in [6, 6.07) is 1.66. The zero-order valence-electron chi connectivity index (χ0n) is 6.50. The molecule has 3 nitrogen and oxygen atoms in total. The van der Waals surface area contributed by atoms with E-state index in [0.29, 0.717) is 5.82 Å². The first-order chi connectivity index (χ1) is 5.65. The molecule has 1 rings (SSSR count). The molecular formula is C8H10BrN3. The van der Waals surface area contributed by atoms with Crippen LogP contribution in [0.15, 0.2) is 29.4 Å². The molecule has 0 amide bonds. The summed E-state index contributed by atoms with van der Waals surface area (Å²) in [4.78, 5) is 3.95. The van der Waals surface area contributed by atoms with Gasteiger partial charge in [0.05, 0.1) is 4.47 Å². The number of nitrogen functional groups attached to an aromatic ring is 1. The minimum atomic E-state index is -0.186. The van der Waals surface area contributed by atoms with Crippen LogP contribution in [0.4, 0.5) is 5.82 Å². The van der Waals surface area contributed by atoms with Gasteiger partial charge in [0.15, 0.2) is 0 Å². The molecule has 0 bridgehead atoms. The van der Waals surface area contributed by atoms with Gasteiger partial charge in [0.1, 0.15) is 5.82 Å². The van der Waals surface area contributed by atoms with Gasteiger partial charge in [-0.15, -0.1) is 6.58 Å². The first-order valence-corrected chi connectivity index (χ1v) is 4.23. The van der Waals surface area contributed by atoms with E-state index < -0.39 is 0 Å². The van der Waals surface area contributed by atoms with E-state index in [4.69, 9.17) is 11.5 Å². The molecule has 0 spiro atoms. The van der Waals surface area contributed by atoms with E-state index in [2.05, 4.69) is 27.5 Å². The van der Waals surface area contributed by atoms with Gasteiger partial charge in [0.25, 0.3) is 0 Å². The van der Waals surface area contributed by atoms with E-state index in [0.717, 1.165) is 10.0 Å². The highest BCUT2D eigenvalue weighted by molar-refractivity contribution is 9.10. The average molecular weight is 228 g/mol. The quantitative estimate of drug-likeness (QED) is 0.755. The van der Waals surface area contributed by atoms with Crippen LogP contribution in [-0.2, 0) is 0 Å². The molecule has 0 saturated carbocycles. The molecule has 4 heteroatoms. The summed E-state index contributed by atoms with van der Waals surface area (Å²) in [7, 11) is 0. The monoisotopic (exact) mass is 227 g/mol.